The van der Waals surface area contributed by atoms with Gasteiger partial charge in [-0.3, -0.25) is 9.59 Å². The van der Waals surface area contributed by atoms with Crippen molar-refractivity contribution in [2.75, 3.05) is 13.1 Å². The molecule has 1 amide bonds. The number of hydrogen-bond donors (Lipinski definition) is 1. The SMILES string of the molecule is CC(CCCc1nc2cc(C(=O)N3CC(c4ccccc4)C3)ccc2nc1-c1ccc(Cl)cc1)C(=O)O. The van der Waals surface area contributed by atoms with Crippen LogP contribution in [0.3, 0.4) is 0 Å². The van der Waals surface area contributed by atoms with Gasteiger partial charge in [0.2, 0.25) is 0 Å². The highest BCUT2D eigenvalue weighted by atomic mass is 35.5. The smallest absolute Gasteiger partial charge is 0.306 e. The van der Waals surface area contributed by atoms with Gasteiger partial charge in [-0.2, -0.15) is 0 Å². The summed E-state index contributed by atoms with van der Waals surface area (Å²) in [6.45, 7) is 3.12. The standard InChI is InChI=1S/C30H28ClN3O3/c1-19(30(36)37)6-5-9-26-28(21-10-13-24(31)14-11-21)33-25-15-12-22(16-27(25)32-26)29(35)34-17-23(18-34)20-7-3-2-4-8-20/h2-4,7-8,10-16,19,23H,5-6,9,17-18H2,1H3,(H,36,37). The number of halogens is 1. The molecule has 0 spiro atoms. The fourth-order valence-electron chi connectivity index (χ4n) is 4.70. The van der Waals surface area contributed by atoms with Crippen LogP contribution in [0.2, 0.25) is 5.02 Å². The third-order valence-corrected chi connectivity index (χ3v) is 7.27. The summed E-state index contributed by atoms with van der Waals surface area (Å²) < 4.78 is 0. The molecule has 1 aliphatic heterocycles. The molecule has 5 rings (SSSR count). The summed E-state index contributed by atoms with van der Waals surface area (Å²) in [6.07, 6.45) is 1.80. The minimum atomic E-state index is -0.800. The Balaban J connectivity index is 1.40. The van der Waals surface area contributed by atoms with E-state index in [-0.39, 0.29) is 5.91 Å². The van der Waals surface area contributed by atoms with Crippen molar-refractivity contribution in [1.82, 2.24) is 14.9 Å². The molecule has 188 valence electrons. The van der Waals surface area contributed by atoms with Crippen LogP contribution in [0.1, 0.15) is 47.3 Å². The summed E-state index contributed by atoms with van der Waals surface area (Å²) in [5.74, 6) is -0.861. The van der Waals surface area contributed by atoms with Gasteiger partial charge in [-0.05, 0) is 55.2 Å². The van der Waals surface area contributed by atoms with E-state index >= 15 is 0 Å². The molecule has 7 heteroatoms. The molecule has 6 nitrogen and oxygen atoms in total. The molecule has 1 aromatic heterocycles. The zero-order valence-corrected chi connectivity index (χ0v) is 21.4. The predicted molar refractivity (Wildman–Crippen MR) is 145 cm³/mol. The van der Waals surface area contributed by atoms with E-state index in [1.807, 2.05) is 65.6 Å². The molecule has 4 aromatic rings. The van der Waals surface area contributed by atoms with E-state index in [1.54, 1.807) is 6.92 Å². The lowest BCUT2D eigenvalue weighted by Gasteiger charge is -2.39. The monoisotopic (exact) mass is 513 g/mol. The maximum Gasteiger partial charge on any atom is 0.306 e. The van der Waals surface area contributed by atoms with Crippen molar-refractivity contribution in [3.63, 3.8) is 0 Å². The number of aliphatic carboxylic acids is 1. The lowest BCUT2D eigenvalue weighted by atomic mass is 9.91. The zero-order chi connectivity index (χ0) is 25.9. The maximum absolute atomic E-state index is 13.2. The molecular weight excluding hydrogens is 486 g/mol. The van der Waals surface area contributed by atoms with Crippen molar-refractivity contribution in [3.05, 3.63) is 94.6 Å². The minimum absolute atomic E-state index is 0.00510. The normalized spacial score (nSPS) is 14.4. The molecule has 0 radical (unpaired) electrons. The molecule has 1 unspecified atom stereocenters. The topological polar surface area (TPSA) is 83.4 Å². The second-order valence-corrected chi connectivity index (χ2v) is 10.1. The van der Waals surface area contributed by atoms with Crippen LogP contribution >= 0.6 is 11.6 Å². The lowest BCUT2D eigenvalue weighted by molar-refractivity contribution is -0.141. The van der Waals surface area contributed by atoms with E-state index in [2.05, 4.69) is 12.1 Å². The van der Waals surface area contributed by atoms with Gasteiger partial charge >= 0.3 is 5.97 Å². The molecular formula is C30H28ClN3O3. The third kappa shape index (κ3) is 5.49. The molecule has 1 saturated heterocycles. The maximum atomic E-state index is 13.2. The van der Waals surface area contributed by atoms with Gasteiger partial charge < -0.3 is 10.0 Å². The molecule has 0 aliphatic carbocycles. The van der Waals surface area contributed by atoms with Gasteiger partial charge in [-0.1, -0.05) is 61.0 Å². The van der Waals surface area contributed by atoms with E-state index in [4.69, 9.17) is 21.6 Å². The Morgan fingerprint density at radius 3 is 2.43 bits per heavy atom. The van der Waals surface area contributed by atoms with Crippen molar-refractivity contribution in [2.24, 2.45) is 5.92 Å². The van der Waals surface area contributed by atoms with Crippen molar-refractivity contribution < 1.29 is 14.7 Å². The number of likely N-dealkylation sites (tertiary alicyclic amines) is 1. The molecule has 3 aromatic carbocycles. The zero-order valence-electron chi connectivity index (χ0n) is 20.6. The number of aryl methyl sites for hydroxylation is 1. The summed E-state index contributed by atoms with van der Waals surface area (Å²) in [7, 11) is 0. The average molecular weight is 514 g/mol. The number of fused-ring (bicyclic) bond motifs is 1. The highest BCUT2D eigenvalue weighted by molar-refractivity contribution is 6.30. The van der Waals surface area contributed by atoms with Gasteiger partial charge in [0.25, 0.3) is 5.91 Å². The van der Waals surface area contributed by atoms with Gasteiger partial charge in [-0.25, -0.2) is 9.97 Å². The minimum Gasteiger partial charge on any atom is -0.481 e. The van der Waals surface area contributed by atoms with Crippen LogP contribution in [0.5, 0.6) is 0 Å². The largest absolute Gasteiger partial charge is 0.481 e. The van der Waals surface area contributed by atoms with Crippen LogP contribution in [-0.2, 0) is 11.2 Å². The first-order valence-corrected chi connectivity index (χ1v) is 12.9. The van der Waals surface area contributed by atoms with E-state index in [9.17, 15) is 14.7 Å². The summed E-state index contributed by atoms with van der Waals surface area (Å²) in [5, 5.41) is 9.87. The fraction of sp³-hybridized carbons (Fsp3) is 0.267. The Kier molecular flexibility index (Phi) is 7.19. The second-order valence-electron chi connectivity index (χ2n) is 9.68. The number of amides is 1. The number of rotatable bonds is 8. The fourth-order valence-corrected chi connectivity index (χ4v) is 4.83. The third-order valence-electron chi connectivity index (χ3n) is 7.01. The number of aromatic nitrogens is 2. The Morgan fingerprint density at radius 2 is 1.73 bits per heavy atom. The summed E-state index contributed by atoms with van der Waals surface area (Å²) in [5.41, 5.74) is 5.64. The van der Waals surface area contributed by atoms with Crippen LogP contribution in [0.15, 0.2) is 72.8 Å². The number of carboxylic acids is 1. The van der Waals surface area contributed by atoms with Gasteiger partial charge in [0.15, 0.2) is 0 Å². The first-order chi connectivity index (χ1) is 17.9. The molecule has 0 saturated carbocycles. The van der Waals surface area contributed by atoms with Crippen molar-refractivity contribution in [3.8, 4) is 11.3 Å². The number of benzene rings is 3. The van der Waals surface area contributed by atoms with Crippen LogP contribution in [0.4, 0.5) is 0 Å². The number of carbonyl (C=O) groups is 2. The lowest BCUT2D eigenvalue weighted by Crippen LogP contribution is -2.48. The first-order valence-electron chi connectivity index (χ1n) is 12.5. The quantitative estimate of drug-likeness (QED) is 0.302. The van der Waals surface area contributed by atoms with Crippen LogP contribution in [-0.4, -0.2) is 44.9 Å². The van der Waals surface area contributed by atoms with E-state index in [0.29, 0.717) is 59.9 Å². The number of hydrogen-bond acceptors (Lipinski definition) is 4. The van der Waals surface area contributed by atoms with E-state index in [1.165, 1.54) is 5.56 Å². The molecule has 1 fully saturated rings. The Bertz CT molecular complexity index is 1430. The summed E-state index contributed by atoms with van der Waals surface area (Å²) in [4.78, 5) is 36.1. The molecule has 37 heavy (non-hydrogen) atoms. The van der Waals surface area contributed by atoms with E-state index in [0.717, 1.165) is 17.0 Å². The Morgan fingerprint density at radius 1 is 1.00 bits per heavy atom. The van der Waals surface area contributed by atoms with Crippen LogP contribution in [0.25, 0.3) is 22.3 Å². The summed E-state index contributed by atoms with van der Waals surface area (Å²) in [6, 6.07) is 23.2. The highest BCUT2D eigenvalue weighted by Gasteiger charge is 2.32. The first kappa shape index (κ1) is 24.9. The van der Waals surface area contributed by atoms with E-state index < -0.39 is 11.9 Å². The molecule has 1 N–H and O–H groups in total. The molecule has 0 bridgehead atoms. The van der Waals surface area contributed by atoms with Crippen molar-refractivity contribution in [2.45, 2.75) is 32.1 Å². The van der Waals surface area contributed by atoms with Gasteiger partial charge in [0.1, 0.15) is 0 Å². The predicted octanol–water partition coefficient (Wildman–Crippen LogP) is 6.23. The average Bonchev–Trinajstić information content (AvgIpc) is 2.88. The van der Waals surface area contributed by atoms with Crippen LogP contribution in [0, 0.1) is 5.92 Å². The highest BCUT2D eigenvalue weighted by Crippen LogP contribution is 2.30. The second kappa shape index (κ2) is 10.7. The van der Waals surface area contributed by atoms with Crippen molar-refractivity contribution in [1.29, 1.82) is 0 Å². The van der Waals surface area contributed by atoms with Gasteiger partial charge in [0.05, 0.1) is 28.3 Å². The summed E-state index contributed by atoms with van der Waals surface area (Å²) >= 11 is 6.09. The Labute approximate surface area is 220 Å². The van der Waals surface area contributed by atoms with Gasteiger partial charge in [-0.15, -0.1) is 0 Å². The van der Waals surface area contributed by atoms with Crippen LogP contribution < -0.4 is 0 Å². The number of carboxylic acid groups (broad SMARTS) is 1. The molecule has 1 atom stereocenters. The van der Waals surface area contributed by atoms with Crippen molar-refractivity contribution >= 4 is 34.5 Å². The van der Waals surface area contributed by atoms with Gasteiger partial charge in [0, 0.05) is 35.2 Å². The Hall–Kier alpha value is -3.77. The number of carbonyl (C=O) groups excluding carboxylic acids is 1. The number of nitrogens with zero attached hydrogens (tertiary/aromatic N) is 3. The molecule has 2 heterocycles. The molecule has 1 aliphatic rings.